The fourth-order valence-corrected chi connectivity index (χ4v) is 1.54. The van der Waals surface area contributed by atoms with Gasteiger partial charge in [-0.15, -0.1) is 0 Å². The maximum absolute atomic E-state index is 11.8. The van der Waals surface area contributed by atoms with E-state index in [9.17, 15) is 9.90 Å². The molecule has 1 rings (SSSR count). The lowest BCUT2D eigenvalue weighted by atomic mass is 9.87. The van der Waals surface area contributed by atoms with Gasteiger partial charge in [0.15, 0.2) is 0 Å². The fraction of sp³-hybridized carbons (Fsp3) is 0.533. The smallest absolute Gasteiger partial charge is 0.227 e. The molecule has 0 saturated carbocycles. The van der Waals surface area contributed by atoms with Gasteiger partial charge in [0.2, 0.25) is 5.91 Å². The highest BCUT2D eigenvalue weighted by molar-refractivity contribution is 5.93. The summed E-state index contributed by atoms with van der Waals surface area (Å²) in [5.74, 6) is 0.00112. The molecule has 0 heterocycles. The van der Waals surface area contributed by atoms with E-state index in [2.05, 4.69) is 26.1 Å². The molecule has 100 valence electrons. The minimum absolute atomic E-state index is 0.0104. The zero-order chi connectivity index (χ0) is 13.9. The lowest BCUT2D eigenvalue weighted by Gasteiger charge is -2.21. The average molecular weight is 249 g/mol. The molecule has 3 heteroatoms. The highest BCUT2D eigenvalue weighted by Crippen LogP contribution is 2.31. The van der Waals surface area contributed by atoms with Gasteiger partial charge >= 0.3 is 0 Å². The lowest BCUT2D eigenvalue weighted by Crippen LogP contribution is -2.20. The van der Waals surface area contributed by atoms with Crippen molar-refractivity contribution in [1.82, 2.24) is 0 Å². The molecule has 1 atom stereocenters. The van der Waals surface area contributed by atoms with Crippen LogP contribution in [-0.2, 0) is 10.2 Å². The second-order valence-electron chi connectivity index (χ2n) is 5.78. The summed E-state index contributed by atoms with van der Waals surface area (Å²) in [6.45, 7) is 10.1. The van der Waals surface area contributed by atoms with Gasteiger partial charge in [0.05, 0.1) is 5.69 Å². The topological polar surface area (TPSA) is 49.3 Å². The molecule has 0 saturated heterocycles. The van der Waals surface area contributed by atoms with Crippen molar-refractivity contribution in [2.75, 3.05) is 5.32 Å². The molecule has 18 heavy (non-hydrogen) atoms. The van der Waals surface area contributed by atoms with E-state index in [4.69, 9.17) is 0 Å². The number of anilines is 1. The molecular formula is C15H23NO2. The van der Waals surface area contributed by atoms with Gasteiger partial charge < -0.3 is 10.4 Å². The molecule has 3 nitrogen and oxygen atoms in total. The number of rotatable bonds is 3. The minimum atomic E-state index is -0.0566. The van der Waals surface area contributed by atoms with Crippen LogP contribution in [0.4, 0.5) is 5.69 Å². The van der Waals surface area contributed by atoms with E-state index >= 15 is 0 Å². The number of hydrogen-bond donors (Lipinski definition) is 2. The monoisotopic (exact) mass is 249 g/mol. The van der Waals surface area contributed by atoms with Crippen LogP contribution in [0.15, 0.2) is 18.2 Å². The van der Waals surface area contributed by atoms with Gasteiger partial charge in [-0.3, -0.25) is 4.79 Å². The Bertz CT molecular complexity index is 433. The number of carbonyl (C=O) groups excluding carboxylic acids is 1. The van der Waals surface area contributed by atoms with E-state index in [1.807, 2.05) is 26.0 Å². The molecule has 1 amide bonds. The molecule has 0 aromatic heterocycles. The third-order valence-corrected chi connectivity index (χ3v) is 3.18. The number of phenolic OH excluding ortho intramolecular Hbond substituents is 1. The first kappa shape index (κ1) is 14.6. The van der Waals surface area contributed by atoms with Crippen LogP contribution >= 0.6 is 0 Å². The quantitative estimate of drug-likeness (QED) is 0.803. The average Bonchev–Trinajstić information content (AvgIpc) is 2.29. The zero-order valence-electron chi connectivity index (χ0n) is 11.9. The van der Waals surface area contributed by atoms with Crippen LogP contribution in [0.5, 0.6) is 5.75 Å². The Morgan fingerprint density at radius 1 is 1.39 bits per heavy atom. The van der Waals surface area contributed by atoms with E-state index in [0.717, 1.165) is 12.0 Å². The Labute approximate surface area is 109 Å². The second-order valence-corrected chi connectivity index (χ2v) is 5.78. The Morgan fingerprint density at radius 2 is 2.00 bits per heavy atom. The predicted octanol–water partition coefficient (Wildman–Crippen LogP) is 3.67. The SMILES string of the molecule is CCC(C)C(=O)Nc1cc(C(C)(C)C)ccc1O. The van der Waals surface area contributed by atoms with Gasteiger partial charge in [0, 0.05) is 5.92 Å². The van der Waals surface area contributed by atoms with E-state index in [1.165, 1.54) is 0 Å². The number of benzene rings is 1. The summed E-state index contributed by atoms with van der Waals surface area (Å²) in [6, 6.07) is 5.36. The standard InChI is InChI=1S/C15H23NO2/c1-6-10(2)14(18)16-12-9-11(15(3,4)5)7-8-13(12)17/h7-10,17H,6H2,1-5H3,(H,16,18). The highest BCUT2D eigenvalue weighted by Gasteiger charge is 2.17. The molecular weight excluding hydrogens is 226 g/mol. The zero-order valence-corrected chi connectivity index (χ0v) is 11.9. The molecule has 1 aromatic rings. The molecule has 1 aromatic carbocycles. The van der Waals surface area contributed by atoms with Crippen molar-refractivity contribution < 1.29 is 9.90 Å². The highest BCUT2D eigenvalue weighted by atomic mass is 16.3. The Balaban J connectivity index is 2.99. The maximum Gasteiger partial charge on any atom is 0.227 e. The number of hydrogen-bond acceptors (Lipinski definition) is 2. The van der Waals surface area contributed by atoms with Crippen LogP contribution < -0.4 is 5.32 Å². The number of aromatic hydroxyl groups is 1. The number of carbonyl (C=O) groups is 1. The molecule has 0 aliphatic carbocycles. The van der Waals surface area contributed by atoms with E-state index in [0.29, 0.717) is 5.69 Å². The second kappa shape index (κ2) is 5.42. The maximum atomic E-state index is 11.8. The normalized spacial score (nSPS) is 13.2. The lowest BCUT2D eigenvalue weighted by molar-refractivity contribution is -0.119. The minimum Gasteiger partial charge on any atom is -0.506 e. The third-order valence-electron chi connectivity index (χ3n) is 3.18. The van der Waals surface area contributed by atoms with Crippen LogP contribution in [0, 0.1) is 5.92 Å². The first-order valence-electron chi connectivity index (χ1n) is 6.40. The first-order chi connectivity index (χ1) is 8.25. The van der Waals surface area contributed by atoms with Crippen molar-refractivity contribution in [2.45, 2.75) is 46.5 Å². The molecule has 1 unspecified atom stereocenters. The van der Waals surface area contributed by atoms with E-state index in [1.54, 1.807) is 6.07 Å². The Hall–Kier alpha value is -1.51. The summed E-state index contributed by atoms with van der Waals surface area (Å²) in [5, 5.41) is 12.6. The number of nitrogens with one attached hydrogen (secondary N) is 1. The summed E-state index contributed by atoms with van der Waals surface area (Å²) in [6.07, 6.45) is 0.783. The van der Waals surface area contributed by atoms with Gasteiger partial charge in [-0.1, -0.05) is 40.7 Å². The number of amides is 1. The van der Waals surface area contributed by atoms with Gasteiger partial charge in [-0.05, 0) is 29.5 Å². The van der Waals surface area contributed by atoms with Gasteiger partial charge in [0.1, 0.15) is 5.75 Å². The fourth-order valence-electron chi connectivity index (χ4n) is 1.54. The molecule has 2 N–H and O–H groups in total. The molecule has 0 fully saturated rings. The summed E-state index contributed by atoms with van der Waals surface area (Å²) in [4.78, 5) is 11.8. The third kappa shape index (κ3) is 3.49. The van der Waals surface area contributed by atoms with Gasteiger partial charge in [0.25, 0.3) is 0 Å². The van der Waals surface area contributed by atoms with Crippen LogP contribution in [0.1, 0.15) is 46.6 Å². The van der Waals surface area contributed by atoms with E-state index in [-0.39, 0.29) is 23.0 Å². The van der Waals surface area contributed by atoms with Crippen molar-refractivity contribution in [2.24, 2.45) is 5.92 Å². The van der Waals surface area contributed by atoms with Gasteiger partial charge in [-0.2, -0.15) is 0 Å². The molecule has 0 bridgehead atoms. The Kier molecular flexibility index (Phi) is 4.38. The van der Waals surface area contributed by atoms with Gasteiger partial charge in [-0.25, -0.2) is 0 Å². The van der Waals surface area contributed by atoms with Crippen LogP contribution in [0.25, 0.3) is 0 Å². The van der Waals surface area contributed by atoms with Crippen molar-refractivity contribution in [3.63, 3.8) is 0 Å². The van der Waals surface area contributed by atoms with Crippen LogP contribution in [0.3, 0.4) is 0 Å². The molecule has 0 aliphatic heterocycles. The summed E-state index contributed by atoms with van der Waals surface area (Å²) >= 11 is 0. The molecule has 0 spiro atoms. The van der Waals surface area contributed by atoms with Crippen LogP contribution in [-0.4, -0.2) is 11.0 Å². The van der Waals surface area contributed by atoms with Crippen molar-refractivity contribution in [1.29, 1.82) is 0 Å². The van der Waals surface area contributed by atoms with Crippen LogP contribution in [0.2, 0.25) is 0 Å². The number of phenols is 1. The molecule has 0 radical (unpaired) electrons. The molecule has 0 aliphatic rings. The predicted molar refractivity (Wildman–Crippen MR) is 74.9 cm³/mol. The summed E-state index contributed by atoms with van der Waals surface area (Å²) in [7, 11) is 0. The summed E-state index contributed by atoms with van der Waals surface area (Å²) in [5.41, 5.74) is 1.57. The van der Waals surface area contributed by atoms with Crippen molar-refractivity contribution >= 4 is 11.6 Å². The summed E-state index contributed by atoms with van der Waals surface area (Å²) < 4.78 is 0. The van der Waals surface area contributed by atoms with E-state index < -0.39 is 0 Å². The Morgan fingerprint density at radius 3 is 2.50 bits per heavy atom. The van der Waals surface area contributed by atoms with Crippen molar-refractivity contribution in [3.05, 3.63) is 23.8 Å². The first-order valence-corrected chi connectivity index (χ1v) is 6.40. The largest absolute Gasteiger partial charge is 0.506 e. The van der Waals surface area contributed by atoms with Crippen molar-refractivity contribution in [3.8, 4) is 5.75 Å².